The van der Waals surface area contributed by atoms with Crippen LogP contribution in [0.5, 0.6) is 0 Å². The molecule has 116 valence electrons. The van der Waals surface area contributed by atoms with Gasteiger partial charge in [0.2, 0.25) is 5.95 Å². The van der Waals surface area contributed by atoms with Crippen LogP contribution < -0.4 is 5.73 Å². The summed E-state index contributed by atoms with van der Waals surface area (Å²) >= 11 is 5.08. The quantitative estimate of drug-likeness (QED) is 0.514. The highest BCUT2D eigenvalue weighted by Gasteiger charge is 2.17. The van der Waals surface area contributed by atoms with Gasteiger partial charge in [-0.15, -0.1) is 11.3 Å². The summed E-state index contributed by atoms with van der Waals surface area (Å²) in [4.78, 5) is 13.2. The van der Waals surface area contributed by atoms with Gasteiger partial charge in [-0.3, -0.25) is 4.57 Å². The summed E-state index contributed by atoms with van der Waals surface area (Å²) in [5.41, 5.74) is 9.08. The van der Waals surface area contributed by atoms with Crippen LogP contribution in [0.3, 0.4) is 0 Å². The molecule has 23 heavy (non-hydrogen) atoms. The minimum atomic E-state index is 0.284. The molecule has 0 bridgehead atoms. The highest BCUT2D eigenvalue weighted by atomic mass is 79.9. The number of aromatic nitrogens is 4. The number of halogens is 1. The predicted molar refractivity (Wildman–Crippen MR) is 98.2 cm³/mol. The minimum Gasteiger partial charge on any atom is -0.368 e. The van der Waals surface area contributed by atoms with Gasteiger partial charge in [0.15, 0.2) is 5.82 Å². The van der Waals surface area contributed by atoms with Crippen LogP contribution in [0.2, 0.25) is 0 Å². The van der Waals surface area contributed by atoms with Gasteiger partial charge < -0.3 is 5.73 Å². The first-order chi connectivity index (χ1) is 11.0. The van der Waals surface area contributed by atoms with Crippen LogP contribution in [0.1, 0.15) is 25.3 Å². The van der Waals surface area contributed by atoms with Gasteiger partial charge in [-0.1, -0.05) is 13.8 Å². The molecule has 0 radical (unpaired) electrons. The molecule has 0 aliphatic carbocycles. The largest absolute Gasteiger partial charge is 0.368 e. The number of nitrogens with two attached hydrogens (primary N) is 1. The van der Waals surface area contributed by atoms with E-state index in [-0.39, 0.29) is 5.95 Å². The second-order valence-electron chi connectivity index (χ2n) is 5.67. The fraction of sp³-hybridized carbons (Fsp3) is 0.188. The monoisotopic (exact) mass is 387 g/mol. The molecule has 0 spiro atoms. The van der Waals surface area contributed by atoms with Crippen LogP contribution in [0, 0.1) is 0 Å². The van der Waals surface area contributed by atoms with Crippen LogP contribution in [-0.4, -0.2) is 19.5 Å². The zero-order chi connectivity index (χ0) is 16.1. The van der Waals surface area contributed by atoms with Crippen molar-refractivity contribution in [2.45, 2.75) is 19.8 Å². The average Bonchev–Trinajstić information content (AvgIpc) is 3.10. The number of hydrogen-bond donors (Lipinski definition) is 1. The van der Waals surface area contributed by atoms with Gasteiger partial charge in [0.1, 0.15) is 4.60 Å². The molecule has 4 aromatic heterocycles. The van der Waals surface area contributed by atoms with Crippen molar-refractivity contribution in [1.82, 2.24) is 19.5 Å². The zero-order valence-electron chi connectivity index (χ0n) is 12.6. The van der Waals surface area contributed by atoms with E-state index in [1.54, 1.807) is 11.3 Å². The number of rotatable bonds is 2. The van der Waals surface area contributed by atoms with Gasteiger partial charge in [-0.2, -0.15) is 4.98 Å². The van der Waals surface area contributed by atoms with Crippen LogP contribution in [0.25, 0.3) is 26.9 Å². The number of hydrogen-bond acceptors (Lipinski definition) is 5. The fourth-order valence-electron chi connectivity index (χ4n) is 2.78. The van der Waals surface area contributed by atoms with Crippen molar-refractivity contribution >= 4 is 54.3 Å². The second-order valence-corrected chi connectivity index (χ2v) is 7.40. The molecule has 4 rings (SSSR count). The Morgan fingerprint density at radius 2 is 2.13 bits per heavy atom. The van der Waals surface area contributed by atoms with Crippen molar-refractivity contribution in [2.24, 2.45) is 0 Å². The number of nitrogens with zero attached hydrogens (tertiary/aromatic N) is 4. The van der Waals surface area contributed by atoms with E-state index in [1.165, 1.54) is 5.56 Å². The molecule has 2 N–H and O–H groups in total. The van der Waals surface area contributed by atoms with Gasteiger partial charge in [0.05, 0.1) is 15.7 Å². The molecule has 0 aromatic carbocycles. The summed E-state index contributed by atoms with van der Waals surface area (Å²) in [6.07, 6.45) is 4.03. The number of pyridine rings is 1. The first-order valence-corrected chi connectivity index (χ1v) is 8.89. The summed E-state index contributed by atoms with van der Waals surface area (Å²) in [5.74, 6) is 1.49. The Bertz CT molecular complexity index is 1030. The molecule has 0 aliphatic heterocycles. The molecular weight excluding hydrogens is 374 g/mol. The molecule has 0 aliphatic rings. The van der Waals surface area contributed by atoms with E-state index in [4.69, 9.17) is 5.73 Å². The lowest BCUT2D eigenvalue weighted by molar-refractivity contribution is 0.868. The highest BCUT2D eigenvalue weighted by molar-refractivity contribution is 9.10. The van der Waals surface area contributed by atoms with Crippen molar-refractivity contribution < 1.29 is 0 Å². The summed E-state index contributed by atoms with van der Waals surface area (Å²) in [6, 6.07) is 3.98. The van der Waals surface area contributed by atoms with Crippen LogP contribution in [0.4, 0.5) is 5.95 Å². The maximum atomic E-state index is 5.91. The third-order valence-corrected chi connectivity index (χ3v) is 5.17. The minimum absolute atomic E-state index is 0.284. The number of fused-ring (bicyclic) bond motifs is 2. The molecule has 0 amide bonds. The van der Waals surface area contributed by atoms with Gasteiger partial charge in [0, 0.05) is 17.8 Å². The van der Waals surface area contributed by atoms with E-state index < -0.39 is 0 Å². The Hall–Kier alpha value is -1.99. The smallest absolute Gasteiger partial charge is 0.222 e. The topological polar surface area (TPSA) is 69.6 Å². The molecule has 7 heteroatoms. The Balaban J connectivity index is 2.12. The van der Waals surface area contributed by atoms with Crippen LogP contribution >= 0.6 is 27.3 Å². The van der Waals surface area contributed by atoms with E-state index in [1.807, 2.05) is 23.7 Å². The summed E-state index contributed by atoms with van der Waals surface area (Å²) in [7, 11) is 0. The van der Waals surface area contributed by atoms with Crippen molar-refractivity contribution in [3.8, 4) is 5.82 Å². The SMILES string of the molecule is CC(C)c1cn(-c2nc(N)nc3ccsc23)c2cc(Br)ncc12. The first-order valence-electron chi connectivity index (χ1n) is 7.22. The Morgan fingerprint density at radius 1 is 1.30 bits per heavy atom. The number of thiophene rings is 1. The second kappa shape index (κ2) is 5.28. The van der Waals surface area contributed by atoms with Gasteiger partial charge in [0.25, 0.3) is 0 Å². The van der Waals surface area contributed by atoms with Crippen LogP contribution in [0.15, 0.2) is 34.5 Å². The van der Waals surface area contributed by atoms with Crippen LogP contribution in [-0.2, 0) is 0 Å². The molecule has 0 atom stereocenters. The molecule has 4 aromatic rings. The van der Waals surface area contributed by atoms with Crippen molar-refractivity contribution in [2.75, 3.05) is 5.73 Å². The fourth-order valence-corrected chi connectivity index (χ4v) is 3.92. The normalized spacial score (nSPS) is 11.8. The third kappa shape index (κ3) is 2.31. The molecule has 4 heterocycles. The van der Waals surface area contributed by atoms with Gasteiger partial charge in [-0.05, 0) is 44.9 Å². The van der Waals surface area contributed by atoms with E-state index in [0.29, 0.717) is 5.92 Å². The molecule has 5 nitrogen and oxygen atoms in total. The first kappa shape index (κ1) is 14.6. The maximum absolute atomic E-state index is 5.91. The summed E-state index contributed by atoms with van der Waals surface area (Å²) in [5, 5.41) is 3.14. The number of nitrogen functional groups attached to an aromatic ring is 1. The van der Waals surface area contributed by atoms with Crippen molar-refractivity contribution in [1.29, 1.82) is 0 Å². The molecule has 0 saturated heterocycles. The maximum Gasteiger partial charge on any atom is 0.222 e. The molecule has 0 unspecified atom stereocenters. The summed E-state index contributed by atoms with van der Waals surface area (Å²) in [6.45, 7) is 4.35. The zero-order valence-corrected chi connectivity index (χ0v) is 15.0. The van der Waals surface area contributed by atoms with E-state index in [2.05, 4.69) is 55.5 Å². The molecular formula is C16H14BrN5S. The lowest BCUT2D eigenvalue weighted by Gasteiger charge is -2.06. The lowest BCUT2D eigenvalue weighted by atomic mass is 10.0. The lowest BCUT2D eigenvalue weighted by Crippen LogP contribution is -2.02. The summed E-state index contributed by atoms with van der Waals surface area (Å²) < 4.78 is 3.91. The Labute approximate surface area is 145 Å². The standard InChI is InChI=1S/C16H14BrN5S/c1-8(2)10-7-22(12-5-13(17)19-6-9(10)12)15-14-11(3-4-23-14)20-16(18)21-15/h3-8H,1-2H3,(H2,18,20,21). The third-order valence-electron chi connectivity index (χ3n) is 3.84. The highest BCUT2D eigenvalue weighted by Crippen LogP contribution is 2.33. The number of anilines is 1. The Morgan fingerprint density at radius 3 is 2.91 bits per heavy atom. The van der Waals surface area contributed by atoms with Crippen molar-refractivity contribution in [3.63, 3.8) is 0 Å². The van der Waals surface area contributed by atoms with Gasteiger partial charge in [-0.25, -0.2) is 9.97 Å². The van der Waals surface area contributed by atoms with E-state index >= 15 is 0 Å². The average molecular weight is 388 g/mol. The Kier molecular flexibility index (Phi) is 3.35. The molecule has 0 fully saturated rings. The predicted octanol–water partition coefficient (Wildman–Crippen LogP) is 4.50. The molecule has 0 saturated carbocycles. The van der Waals surface area contributed by atoms with E-state index in [9.17, 15) is 0 Å². The van der Waals surface area contributed by atoms with Gasteiger partial charge >= 0.3 is 0 Å². The van der Waals surface area contributed by atoms with Crippen molar-refractivity contribution in [3.05, 3.63) is 40.1 Å². The van der Waals surface area contributed by atoms with E-state index in [0.717, 1.165) is 31.5 Å².